The van der Waals surface area contributed by atoms with E-state index in [1.54, 1.807) is 0 Å². The van der Waals surface area contributed by atoms with Gasteiger partial charge in [0.25, 0.3) is 0 Å². The smallest absolute Gasteiger partial charge is 0.127 e. The number of benzene rings is 4. The molecule has 0 heterocycles. The zero-order chi connectivity index (χ0) is 51.5. The van der Waals surface area contributed by atoms with Crippen LogP contribution in [0, 0.1) is 54.3 Å². The molecule has 4 aromatic carbocycles. The van der Waals surface area contributed by atoms with Gasteiger partial charge in [-0.3, -0.25) is 0 Å². The molecule has 71 heavy (non-hydrogen) atoms. The molecule has 0 spiro atoms. The van der Waals surface area contributed by atoms with E-state index < -0.39 is 0 Å². The molecule has 0 N–H and O–H groups in total. The monoisotopic (exact) mass is 965 g/mol. The molecule has 4 atom stereocenters. The highest BCUT2D eigenvalue weighted by Gasteiger charge is 2.43. The number of allylic oxidation sites excluding steroid dienone is 1. The molecule has 2 heteroatoms. The number of rotatable bonds is 33. The summed E-state index contributed by atoms with van der Waals surface area (Å²) in [5, 5.41) is 0. The minimum Gasteiger partial charge on any atom is -0.493 e. The molecule has 0 saturated carbocycles. The van der Waals surface area contributed by atoms with Gasteiger partial charge in [-0.1, -0.05) is 221 Å². The molecule has 0 aliphatic heterocycles. The van der Waals surface area contributed by atoms with Gasteiger partial charge < -0.3 is 9.47 Å². The Kier molecular flexibility index (Phi) is 23.9. The highest BCUT2D eigenvalue weighted by molar-refractivity contribution is 5.87. The highest BCUT2D eigenvalue weighted by Crippen LogP contribution is 2.57. The van der Waals surface area contributed by atoms with Crippen molar-refractivity contribution < 1.29 is 9.47 Å². The van der Waals surface area contributed by atoms with Gasteiger partial charge in [0, 0.05) is 16.5 Å². The summed E-state index contributed by atoms with van der Waals surface area (Å²) >= 11 is 0. The maximum atomic E-state index is 6.88. The van der Waals surface area contributed by atoms with Crippen molar-refractivity contribution in [1.29, 1.82) is 0 Å². The first-order valence-electron chi connectivity index (χ1n) is 29.4. The van der Waals surface area contributed by atoms with Crippen LogP contribution in [0.4, 0.5) is 0 Å². The quantitative estimate of drug-likeness (QED) is 0.0474. The summed E-state index contributed by atoms with van der Waals surface area (Å²) in [4.78, 5) is 0. The number of fused-ring (bicyclic) bond motifs is 3. The van der Waals surface area contributed by atoms with Crippen LogP contribution in [0.3, 0.4) is 0 Å². The van der Waals surface area contributed by atoms with Crippen LogP contribution in [0.15, 0.2) is 78.9 Å². The summed E-state index contributed by atoms with van der Waals surface area (Å²) in [5.41, 5.74) is 13.2. The standard InChI is InChI=1S/C69H104O2/c1-15-20-58-30-34-62(68(46-58)71-44-40-56(13)28-19-24-52(8)9)60-32-36-64-63-35-31-59(61-33-29-57(14)45-67(61)70-43-39-55(12)27-18-23-51(6)7)47-65(63)69(66(64)48-60,41-37-53(10)25-16-21-49(2)3)42-38-54(11)26-17-22-50(4)5/h15,20,29-36,45-56H,16-19,21-28,37-44H2,1-14H3. The summed E-state index contributed by atoms with van der Waals surface area (Å²) in [6.07, 6.45) is 26.9. The van der Waals surface area contributed by atoms with Crippen molar-refractivity contribution in [3.8, 4) is 44.9 Å². The third-order valence-corrected chi connectivity index (χ3v) is 16.3. The summed E-state index contributed by atoms with van der Waals surface area (Å²) in [7, 11) is 0. The maximum Gasteiger partial charge on any atom is 0.127 e. The fourth-order valence-corrected chi connectivity index (χ4v) is 11.5. The molecular formula is C69H104O2. The van der Waals surface area contributed by atoms with Crippen LogP contribution in [-0.4, -0.2) is 13.2 Å². The molecule has 0 fully saturated rings. The molecule has 1 aliphatic carbocycles. The van der Waals surface area contributed by atoms with Crippen LogP contribution >= 0.6 is 0 Å². The van der Waals surface area contributed by atoms with E-state index in [1.165, 1.54) is 146 Å². The Balaban J connectivity index is 1.60. The third kappa shape index (κ3) is 18.0. The summed E-state index contributed by atoms with van der Waals surface area (Å²) in [6.45, 7) is 34.6. The van der Waals surface area contributed by atoms with Crippen molar-refractivity contribution >= 4 is 6.08 Å². The van der Waals surface area contributed by atoms with E-state index in [0.29, 0.717) is 23.7 Å². The fraction of sp³-hybridized carbons (Fsp3) is 0.623. The van der Waals surface area contributed by atoms with Crippen LogP contribution < -0.4 is 9.47 Å². The molecule has 1 aliphatic rings. The summed E-state index contributed by atoms with van der Waals surface area (Å²) in [5.74, 6) is 7.73. The third-order valence-electron chi connectivity index (χ3n) is 16.3. The van der Waals surface area contributed by atoms with E-state index in [0.717, 1.165) is 74.1 Å². The van der Waals surface area contributed by atoms with Gasteiger partial charge in [-0.25, -0.2) is 0 Å². The van der Waals surface area contributed by atoms with E-state index in [2.05, 4.69) is 182 Å². The molecular weight excluding hydrogens is 861 g/mol. The van der Waals surface area contributed by atoms with Gasteiger partial charge in [0.2, 0.25) is 0 Å². The molecule has 392 valence electrons. The first kappa shape index (κ1) is 58.1. The Morgan fingerprint density at radius 3 is 1.20 bits per heavy atom. The first-order valence-corrected chi connectivity index (χ1v) is 29.4. The summed E-state index contributed by atoms with van der Waals surface area (Å²) < 4.78 is 13.7. The van der Waals surface area contributed by atoms with E-state index >= 15 is 0 Å². The van der Waals surface area contributed by atoms with Crippen LogP contribution in [0.5, 0.6) is 11.5 Å². The predicted molar refractivity (Wildman–Crippen MR) is 313 cm³/mol. The maximum absolute atomic E-state index is 6.88. The minimum absolute atomic E-state index is 0.107. The molecule has 0 bridgehead atoms. The van der Waals surface area contributed by atoms with Gasteiger partial charge in [0.1, 0.15) is 11.5 Å². The van der Waals surface area contributed by atoms with E-state index in [-0.39, 0.29) is 5.41 Å². The van der Waals surface area contributed by atoms with Gasteiger partial charge in [0.05, 0.1) is 13.2 Å². The Bertz CT molecular complexity index is 2180. The van der Waals surface area contributed by atoms with Crippen LogP contribution in [0.2, 0.25) is 0 Å². The van der Waals surface area contributed by atoms with E-state index in [4.69, 9.17) is 9.47 Å². The topological polar surface area (TPSA) is 18.5 Å². The second-order valence-corrected chi connectivity index (χ2v) is 24.9. The molecule has 2 nitrogen and oxygen atoms in total. The Morgan fingerprint density at radius 2 is 0.789 bits per heavy atom. The van der Waals surface area contributed by atoms with Crippen molar-refractivity contribution in [3.63, 3.8) is 0 Å². The second kappa shape index (κ2) is 29.2. The minimum atomic E-state index is -0.107. The number of aryl methyl sites for hydroxylation is 1. The molecule has 0 amide bonds. The zero-order valence-corrected chi connectivity index (χ0v) is 48.2. The van der Waals surface area contributed by atoms with Gasteiger partial charge in [-0.2, -0.15) is 0 Å². The van der Waals surface area contributed by atoms with Crippen LogP contribution in [0.25, 0.3) is 39.5 Å². The predicted octanol–water partition coefficient (Wildman–Crippen LogP) is 21.6. The van der Waals surface area contributed by atoms with Crippen molar-refractivity contribution in [2.45, 2.75) is 218 Å². The van der Waals surface area contributed by atoms with E-state index in [9.17, 15) is 0 Å². The fourth-order valence-electron chi connectivity index (χ4n) is 11.5. The van der Waals surface area contributed by atoms with Crippen molar-refractivity contribution in [2.24, 2.45) is 47.3 Å². The van der Waals surface area contributed by atoms with Crippen molar-refractivity contribution in [3.05, 3.63) is 101 Å². The molecule has 0 radical (unpaired) electrons. The van der Waals surface area contributed by atoms with Gasteiger partial charge in [-0.15, -0.1) is 0 Å². The zero-order valence-electron chi connectivity index (χ0n) is 48.2. The Morgan fingerprint density at radius 1 is 0.408 bits per heavy atom. The van der Waals surface area contributed by atoms with Crippen molar-refractivity contribution in [1.82, 2.24) is 0 Å². The Labute approximate surface area is 438 Å². The molecule has 4 unspecified atom stereocenters. The lowest BCUT2D eigenvalue weighted by Crippen LogP contribution is -2.27. The SMILES string of the molecule is CC=Cc1ccc(-c2ccc3c(c2)C(CCC(C)CCCC(C)C)(CCC(C)CCCC(C)C)c2cc(-c4ccc(C)cc4OCCC(C)CCCC(C)C)ccc2-3)c(OCCC(C)CCCC(C)C)c1. The molecule has 5 rings (SSSR count). The average Bonchev–Trinajstić information content (AvgIpc) is 3.58. The van der Waals surface area contributed by atoms with Gasteiger partial charge >= 0.3 is 0 Å². The normalized spacial score (nSPS) is 16.3. The molecule has 4 aromatic rings. The second-order valence-electron chi connectivity index (χ2n) is 24.9. The largest absolute Gasteiger partial charge is 0.493 e. The Hall–Kier alpha value is -3.78. The van der Waals surface area contributed by atoms with E-state index in [1.807, 2.05) is 0 Å². The first-order chi connectivity index (χ1) is 34.0. The van der Waals surface area contributed by atoms with Crippen LogP contribution in [0.1, 0.15) is 228 Å². The lowest BCUT2D eigenvalue weighted by Gasteiger charge is -2.35. The van der Waals surface area contributed by atoms with Gasteiger partial charge in [0.15, 0.2) is 0 Å². The number of ether oxygens (including phenoxy) is 2. The highest BCUT2D eigenvalue weighted by atomic mass is 16.5. The van der Waals surface area contributed by atoms with Crippen molar-refractivity contribution in [2.75, 3.05) is 13.2 Å². The lowest BCUT2D eigenvalue weighted by molar-refractivity contribution is 0.276. The van der Waals surface area contributed by atoms with Crippen LogP contribution in [-0.2, 0) is 5.41 Å². The molecule has 0 saturated heterocycles. The number of hydrogen-bond acceptors (Lipinski definition) is 2. The number of hydrogen-bond donors (Lipinski definition) is 0. The summed E-state index contributed by atoms with van der Waals surface area (Å²) in [6, 6.07) is 28.8. The average molecular weight is 966 g/mol. The van der Waals surface area contributed by atoms with Gasteiger partial charge in [-0.05, 0) is 168 Å². The molecule has 0 aromatic heterocycles. The lowest BCUT2D eigenvalue weighted by atomic mass is 9.68.